The zero-order valence-electron chi connectivity index (χ0n) is 15.9. The van der Waals surface area contributed by atoms with Crippen LogP contribution in [0.1, 0.15) is 49.9 Å². The van der Waals surface area contributed by atoms with E-state index in [-0.39, 0.29) is 6.03 Å². The number of nitrogens with zero attached hydrogens (tertiary/aromatic N) is 4. The summed E-state index contributed by atoms with van der Waals surface area (Å²) in [6.45, 7) is 2.50. The predicted molar refractivity (Wildman–Crippen MR) is 104 cm³/mol. The molecule has 0 radical (unpaired) electrons. The molecule has 0 spiro atoms. The number of benzene rings is 1. The number of likely N-dealkylation sites (tertiary alicyclic amines) is 1. The lowest BCUT2D eigenvalue weighted by atomic mass is 9.93. The summed E-state index contributed by atoms with van der Waals surface area (Å²) in [5.74, 6) is 1.62. The summed E-state index contributed by atoms with van der Waals surface area (Å²) >= 11 is 0. The van der Waals surface area contributed by atoms with E-state index in [4.69, 9.17) is 0 Å². The number of urea groups is 1. The number of aromatic nitrogens is 3. The molecule has 6 nitrogen and oxygen atoms in total. The molecule has 2 aromatic rings. The summed E-state index contributed by atoms with van der Waals surface area (Å²) in [5, 5.41) is 11.7. The number of carbonyl (C=O) groups is 1. The molecule has 1 aromatic carbocycles. The summed E-state index contributed by atoms with van der Waals surface area (Å²) < 4.78 is 2.15. The molecule has 0 unspecified atom stereocenters. The molecule has 1 saturated carbocycles. The van der Waals surface area contributed by atoms with Gasteiger partial charge in [-0.2, -0.15) is 0 Å². The standard InChI is InChI=1S/C21H29N5O/c27-21(23-19-8-4-5-9-19)25-12-10-17(11-13-25)14-20-24-22-16-26(20)15-18-6-2-1-3-7-18/h1-3,6-7,16-17,19H,4-5,8-15H2,(H,23,27). The number of rotatable bonds is 5. The van der Waals surface area contributed by atoms with Crippen molar-refractivity contribution < 1.29 is 4.79 Å². The number of hydrogen-bond donors (Lipinski definition) is 1. The lowest BCUT2D eigenvalue weighted by Gasteiger charge is -2.32. The van der Waals surface area contributed by atoms with Gasteiger partial charge in [-0.05, 0) is 37.2 Å². The van der Waals surface area contributed by atoms with Gasteiger partial charge >= 0.3 is 6.03 Å². The number of nitrogens with one attached hydrogen (secondary N) is 1. The summed E-state index contributed by atoms with van der Waals surface area (Å²) in [5.41, 5.74) is 1.26. The highest BCUT2D eigenvalue weighted by Crippen LogP contribution is 2.22. The molecule has 2 heterocycles. The van der Waals surface area contributed by atoms with E-state index < -0.39 is 0 Å². The molecule has 1 aliphatic carbocycles. The molecular formula is C21H29N5O. The van der Waals surface area contributed by atoms with Crippen molar-refractivity contribution in [3.63, 3.8) is 0 Å². The van der Waals surface area contributed by atoms with Crippen LogP contribution in [-0.4, -0.2) is 44.8 Å². The van der Waals surface area contributed by atoms with Crippen molar-refractivity contribution in [3.05, 3.63) is 48.0 Å². The molecule has 1 aliphatic heterocycles. The number of hydrogen-bond acceptors (Lipinski definition) is 3. The summed E-state index contributed by atoms with van der Waals surface area (Å²) in [4.78, 5) is 14.4. The second-order valence-corrected chi connectivity index (χ2v) is 7.93. The molecule has 4 rings (SSSR count). The highest BCUT2D eigenvalue weighted by molar-refractivity contribution is 5.74. The predicted octanol–water partition coefficient (Wildman–Crippen LogP) is 3.23. The molecule has 27 heavy (non-hydrogen) atoms. The maximum absolute atomic E-state index is 12.4. The smallest absolute Gasteiger partial charge is 0.317 e. The van der Waals surface area contributed by atoms with Gasteiger partial charge in [-0.25, -0.2) is 4.79 Å². The summed E-state index contributed by atoms with van der Waals surface area (Å²) in [6, 6.07) is 10.9. The van der Waals surface area contributed by atoms with Gasteiger partial charge in [0.25, 0.3) is 0 Å². The fraction of sp³-hybridized carbons (Fsp3) is 0.571. The van der Waals surface area contributed by atoms with Crippen molar-refractivity contribution in [3.8, 4) is 0 Å². The molecule has 0 bridgehead atoms. The Hall–Kier alpha value is -2.37. The zero-order chi connectivity index (χ0) is 18.5. The van der Waals surface area contributed by atoms with Gasteiger partial charge in [0.1, 0.15) is 12.2 Å². The molecule has 0 atom stereocenters. The van der Waals surface area contributed by atoms with E-state index in [0.29, 0.717) is 12.0 Å². The van der Waals surface area contributed by atoms with Crippen LogP contribution in [0, 0.1) is 5.92 Å². The third-order valence-corrected chi connectivity index (χ3v) is 5.95. The minimum atomic E-state index is 0.132. The highest BCUT2D eigenvalue weighted by Gasteiger charge is 2.26. The Bertz CT molecular complexity index is 730. The van der Waals surface area contributed by atoms with Crippen molar-refractivity contribution >= 4 is 6.03 Å². The van der Waals surface area contributed by atoms with Crippen LogP contribution in [0.15, 0.2) is 36.7 Å². The van der Waals surface area contributed by atoms with E-state index >= 15 is 0 Å². The van der Waals surface area contributed by atoms with Crippen molar-refractivity contribution in [1.82, 2.24) is 25.0 Å². The molecular weight excluding hydrogens is 338 g/mol. The Morgan fingerprint density at radius 2 is 1.81 bits per heavy atom. The van der Waals surface area contributed by atoms with Crippen LogP contribution in [0.25, 0.3) is 0 Å². The van der Waals surface area contributed by atoms with Gasteiger partial charge < -0.3 is 14.8 Å². The fourth-order valence-corrected chi connectivity index (χ4v) is 4.28. The number of carbonyl (C=O) groups excluding carboxylic acids is 1. The van der Waals surface area contributed by atoms with E-state index in [2.05, 4.69) is 44.3 Å². The van der Waals surface area contributed by atoms with Gasteiger partial charge in [0.2, 0.25) is 0 Å². The highest BCUT2D eigenvalue weighted by atomic mass is 16.2. The Morgan fingerprint density at radius 1 is 1.07 bits per heavy atom. The van der Waals surface area contributed by atoms with E-state index in [9.17, 15) is 4.79 Å². The first-order chi connectivity index (χ1) is 13.3. The van der Waals surface area contributed by atoms with Crippen LogP contribution in [-0.2, 0) is 13.0 Å². The van der Waals surface area contributed by atoms with E-state index in [1.807, 2.05) is 17.3 Å². The van der Waals surface area contributed by atoms with Crippen molar-refractivity contribution in [1.29, 1.82) is 0 Å². The first-order valence-corrected chi connectivity index (χ1v) is 10.2. The first kappa shape index (κ1) is 18.0. The topological polar surface area (TPSA) is 63.1 Å². The minimum absolute atomic E-state index is 0.132. The minimum Gasteiger partial charge on any atom is -0.335 e. The van der Waals surface area contributed by atoms with Crippen molar-refractivity contribution in [2.45, 2.75) is 57.5 Å². The van der Waals surface area contributed by atoms with Crippen LogP contribution in [0.3, 0.4) is 0 Å². The average Bonchev–Trinajstić information content (AvgIpc) is 3.36. The molecule has 1 N–H and O–H groups in total. The van der Waals surface area contributed by atoms with Crippen LogP contribution >= 0.6 is 0 Å². The van der Waals surface area contributed by atoms with Gasteiger partial charge in [-0.3, -0.25) is 0 Å². The van der Waals surface area contributed by atoms with Gasteiger partial charge in [0.15, 0.2) is 0 Å². The molecule has 1 saturated heterocycles. The van der Waals surface area contributed by atoms with E-state index in [0.717, 1.165) is 57.6 Å². The Labute approximate surface area is 161 Å². The third kappa shape index (κ3) is 4.67. The second kappa shape index (κ2) is 8.55. The lowest BCUT2D eigenvalue weighted by molar-refractivity contribution is 0.166. The molecule has 2 fully saturated rings. The van der Waals surface area contributed by atoms with Crippen LogP contribution in [0.2, 0.25) is 0 Å². The molecule has 1 aromatic heterocycles. The van der Waals surface area contributed by atoms with Crippen molar-refractivity contribution in [2.75, 3.05) is 13.1 Å². The van der Waals surface area contributed by atoms with Gasteiger partial charge in [-0.1, -0.05) is 43.2 Å². The number of amides is 2. The van der Waals surface area contributed by atoms with Gasteiger partial charge in [0.05, 0.1) is 6.54 Å². The van der Waals surface area contributed by atoms with E-state index in [1.54, 1.807) is 0 Å². The zero-order valence-corrected chi connectivity index (χ0v) is 15.9. The molecule has 2 amide bonds. The largest absolute Gasteiger partial charge is 0.335 e. The molecule has 2 aliphatic rings. The normalized spacial score (nSPS) is 18.7. The Morgan fingerprint density at radius 3 is 2.56 bits per heavy atom. The Balaban J connectivity index is 1.27. The average molecular weight is 367 g/mol. The van der Waals surface area contributed by atoms with Crippen molar-refractivity contribution in [2.24, 2.45) is 5.92 Å². The van der Waals surface area contributed by atoms with Gasteiger partial charge in [0, 0.05) is 25.6 Å². The quantitative estimate of drug-likeness (QED) is 0.882. The summed E-state index contributed by atoms with van der Waals surface area (Å²) in [7, 11) is 0. The Kier molecular flexibility index (Phi) is 5.70. The van der Waals surface area contributed by atoms with Crippen LogP contribution < -0.4 is 5.32 Å². The summed E-state index contributed by atoms with van der Waals surface area (Å²) in [6.07, 6.45) is 9.61. The SMILES string of the molecule is O=C(NC1CCCC1)N1CCC(Cc2nncn2Cc2ccccc2)CC1. The number of piperidine rings is 1. The van der Waals surface area contributed by atoms with Crippen LogP contribution in [0.5, 0.6) is 0 Å². The van der Waals surface area contributed by atoms with Gasteiger partial charge in [-0.15, -0.1) is 10.2 Å². The maximum Gasteiger partial charge on any atom is 0.317 e. The molecule has 6 heteroatoms. The monoisotopic (exact) mass is 367 g/mol. The third-order valence-electron chi connectivity index (χ3n) is 5.95. The lowest BCUT2D eigenvalue weighted by Crippen LogP contribution is -2.47. The fourth-order valence-electron chi connectivity index (χ4n) is 4.28. The van der Waals surface area contributed by atoms with Crippen LogP contribution in [0.4, 0.5) is 4.79 Å². The molecule has 144 valence electrons. The maximum atomic E-state index is 12.4. The first-order valence-electron chi connectivity index (χ1n) is 10.2. The second-order valence-electron chi connectivity index (χ2n) is 7.93. The van der Waals surface area contributed by atoms with E-state index in [1.165, 1.54) is 18.4 Å².